The Hall–Kier alpha value is -3.42. The van der Waals surface area contributed by atoms with E-state index in [9.17, 15) is 9.59 Å². The summed E-state index contributed by atoms with van der Waals surface area (Å²) in [4.78, 5) is 28.0. The molecule has 2 amide bonds. The van der Waals surface area contributed by atoms with Crippen LogP contribution in [0.15, 0.2) is 53.4 Å². The molecular formula is C17H17N5O3. The van der Waals surface area contributed by atoms with Gasteiger partial charge in [-0.1, -0.05) is 30.3 Å². The summed E-state index contributed by atoms with van der Waals surface area (Å²) in [6, 6.07) is 11.2. The fraction of sp³-hybridized carbons (Fsp3) is 0.176. The van der Waals surface area contributed by atoms with Crippen LogP contribution in [0.5, 0.6) is 0 Å². The Morgan fingerprint density at radius 1 is 1.20 bits per heavy atom. The number of carbonyl (C=O) groups is 2. The first-order valence-electron chi connectivity index (χ1n) is 7.67. The van der Waals surface area contributed by atoms with Gasteiger partial charge in [-0.3, -0.25) is 14.9 Å². The van der Waals surface area contributed by atoms with Crippen molar-refractivity contribution in [2.75, 3.05) is 5.32 Å². The maximum absolute atomic E-state index is 12.0. The third-order valence-electron chi connectivity index (χ3n) is 3.50. The molecule has 0 aliphatic rings. The lowest BCUT2D eigenvalue weighted by Crippen LogP contribution is -2.27. The van der Waals surface area contributed by atoms with Crippen molar-refractivity contribution in [1.82, 2.24) is 20.1 Å². The summed E-state index contributed by atoms with van der Waals surface area (Å²) >= 11 is 0. The van der Waals surface area contributed by atoms with E-state index in [-0.39, 0.29) is 24.3 Å². The Bertz CT molecular complexity index is 869. The molecule has 0 aliphatic heterocycles. The Morgan fingerprint density at radius 3 is 2.72 bits per heavy atom. The zero-order valence-corrected chi connectivity index (χ0v) is 13.6. The molecule has 0 fully saturated rings. The number of aromatic nitrogens is 3. The quantitative estimate of drug-likeness (QED) is 0.712. The average molecular weight is 339 g/mol. The van der Waals surface area contributed by atoms with Gasteiger partial charge in [0.2, 0.25) is 11.9 Å². The van der Waals surface area contributed by atoms with Gasteiger partial charge >= 0.3 is 0 Å². The molecule has 0 saturated carbocycles. The molecule has 128 valence electrons. The number of furan rings is 1. The molecule has 3 aromatic rings. The zero-order valence-electron chi connectivity index (χ0n) is 13.6. The normalized spacial score (nSPS) is 10.4. The first-order valence-corrected chi connectivity index (χ1v) is 7.67. The fourth-order valence-corrected chi connectivity index (χ4v) is 2.22. The number of carbonyl (C=O) groups excluding carboxylic acids is 2. The molecule has 0 radical (unpaired) electrons. The highest BCUT2D eigenvalue weighted by atomic mass is 16.3. The van der Waals surface area contributed by atoms with Gasteiger partial charge < -0.3 is 9.73 Å². The van der Waals surface area contributed by atoms with Gasteiger partial charge in [0.25, 0.3) is 5.91 Å². The van der Waals surface area contributed by atoms with Crippen molar-refractivity contribution in [3.8, 4) is 0 Å². The molecule has 0 bridgehead atoms. The summed E-state index contributed by atoms with van der Waals surface area (Å²) in [6.45, 7) is 2.15. The maximum atomic E-state index is 12.0. The highest BCUT2D eigenvalue weighted by molar-refractivity contribution is 6.03. The lowest BCUT2D eigenvalue weighted by atomic mass is 10.2. The second-order valence-corrected chi connectivity index (χ2v) is 5.37. The van der Waals surface area contributed by atoms with E-state index < -0.39 is 0 Å². The molecule has 25 heavy (non-hydrogen) atoms. The highest BCUT2D eigenvalue weighted by Crippen LogP contribution is 2.10. The second-order valence-electron chi connectivity index (χ2n) is 5.37. The Morgan fingerprint density at radius 2 is 2.00 bits per heavy atom. The molecule has 0 atom stereocenters. The van der Waals surface area contributed by atoms with E-state index in [0.29, 0.717) is 17.9 Å². The van der Waals surface area contributed by atoms with Crippen LogP contribution in [-0.2, 0) is 17.9 Å². The van der Waals surface area contributed by atoms with E-state index in [2.05, 4.69) is 20.7 Å². The van der Waals surface area contributed by atoms with E-state index in [1.165, 1.54) is 17.3 Å². The summed E-state index contributed by atoms with van der Waals surface area (Å²) in [5, 5.41) is 9.43. The molecule has 0 aliphatic carbocycles. The molecule has 1 aromatic carbocycles. The molecular weight excluding hydrogens is 322 g/mol. The van der Waals surface area contributed by atoms with Gasteiger partial charge in [0.1, 0.15) is 18.6 Å². The summed E-state index contributed by atoms with van der Waals surface area (Å²) in [7, 11) is 0. The van der Waals surface area contributed by atoms with Gasteiger partial charge in [-0.2, -0.15) is 0 Å². The van der Waals surface area contributed by atoms with Crippen LogP contribution >= 0.6 is 0 Å². The minimum atomic E-state index is -0.363. The number of rotatable bonds is 6. The van der Waals surface area contributed by atoms with E-state index in [4.69, 9.17) is 4.42 Å². The predicted molar refractivity (Wildman–Crippen MR) is 89.7 cm³/mol. The summed E-state index contributed by atoms with van der Waals surface area (Å²) in [6.07, 6.45) is 2.83. The van der Waals surface area contributed by atoms with Crippen LogP contribution < -0.4 is 10.6 Å². The Labute approximate surface area is 143 Å². The van der Waals surface area contributed by atoms with Crippen molar-refractivity contribution in [2.24, 2.45) is 0 Å². The van der Waals surface area contributed by atoms with Gasteiger partial charge in [0, 0.05) is 6.54 Å². The molecule has 2 aromatic heterocycles. The van der Waals surface area contributed by atoms with Crippen LogP contribution in [0.1, 0.15) is 21.7 Å². The van der Waals surface area contributed by atoms with Gasteiger partial charge in [0.05, 0.1) is 11.8 Å². The van der Waals surface area contributed by atoms with E-state index in [1.54, 1.807) is 13.0 Å². The maximum Gasteiger partial charge on any atom is 0.261 e. The van der Waals surface area contributed by atoms with Crippen LogP contribution in [0.2, 0.25) is 0 Å². The number of anilines is 1. The minimum Gasteiger partial charge on any atom is -0.469 e. The fourth-order valence-electron chi connectivity index (χ4n) is 2.22. The van der Waals surface area contributed by atoms with Crippen LogP contribution in [0.3, 0.4) is 0 Å². The minimum absolute atomic E-state index is 0.0143. The topological polar surface area (TPSA) is 102 Å². The van der Waals surface area contributed by atoms with Crippen molar-refractivity contribution in [2.45, 2.75) is 20.0 Å². The van der Waals surface area contributed by atoms with Gasteiger partial charge in [0.15, 0.2) is 0 Å². The van der Waals surface area contributed by atoms with Crippen molar-refractivity contribution < 1.29 is 14.0 Å². The third-order valence-corrected chi connectivity index (χ3v) is 3.50. The average Bonchev–Trinajstić information content (AvgIpc) is 3.23. The van der Waals surface area contributed by atoms with Crippen LogP contribution in [0, 0.1) is 6.92 Å². The van der Waals surface area contributed by atoms with Crippen LogP contribution in [0.4, 0.5) is 5.95 Å². The third kappa shape index (κ3) is 4.31. The van der Waals surface area contributed by atoms with Gasteiger partial charge in [-0.25, -0.2) is 9.67 Å². The van der Waals surface area contributed by atoms with Crippen molar-refractivity contribution in [3.05, 3.63) is 65.9 Å². The molecule has 8 heteroatoms. The first-order chi connectivity index (χ1) is 12.1. The number of hydrogen-bond donors (Lipinski definition) is 2. The largest absolute Gasteiger partial charge is 0.469 e. The molecule has 2 heterocycles. The zero-order chi connectivity index (χ0) is 17.6. The summed E-state index contributed by atoms with van der Waals surface area (Å²) < 4.78 is 6.44. The Kier molecular flexibility index (Phi) is 4.89. The molecule has 0 unspecified atom stereocenters. The number of aryl methyl sites for hydroxylation is 1. The van der Waals surface area contributed by atoms with Gasteiger partial charge in [-0.05, 0) is 18.6 Å². The van der Waals surface area contributed by atoms with E-state index in [1.807, 2.05) is 30.3 Å². The molecule has 8 nitrogen and oxygen atoms in total. The number of nitrogens with one attached hydrogen (secondary N) is 2. The predicted octanol–water partition coefficient (Wildman–Crippen LogP) is 1.75. The highest BCUT2D eigenvalue weighted by Gasteiger charge is 2.14. The molecule has 0 saturated heterocycles. The molecule has 0 spiro atoms. The second kappa shape index (κ2) is 7.43. The van der Waals surface area contributed by atoms with Gasteiger partial charge in [-0.15, -0.1) is 5.10 Å². The first kappa shape index (κ1) is 16.4. The number of nitrogens with zero attached hydrogens (tertiary/aromatic N) is 3. The summed E-state index contributed by atoms with van der Waals surface area (Å²) in [5.74, 6) is 0.0773. The molecule has 2 N–H and O–H groups in total. The number of amides is 2. The lowest BCUT2D eigenvalue weighted by Gasteiger charge is -2.05. The van der Waals surface area contributed by atoms with Crippen molar-refractivity contribution >= 4 is 17.8 Å². The Balaban J connectivity index is 1.52. The SMILES string of the molecule is Cc1occc1C(=O)Nc1ncn(CC(=O)NCc2ccccc2)n1. The standard InChI is InChI=1S/C17H17N5O3/c1-12-14(7-8-25-12)16(24)20-17-19-11-22(21-17)10-15(23)18-9-13-5-3-2-4-6-13/h2-8,11H,9-10H2,1H3,(H,18,23)(H,20,21,24). The van der Waals surface area contributed by atoms with Crippen molar-refractivity contribution in [1.29, 1.82) is 0 Å². The summed E-state index contributed by atoms with van der Waals surface area (Å²) in [5.41, 5.74) is 1.43. The lowest BCUT2D eigenvalue weighted by molar-refractivity contribution is -0.122. The van der Waals surface area contributed by atoms with Crippen LogP contribution in [0.25, 0.3) is 0 Å². The van der Waals surface area contributed by atoms with E-state index >= 15 is 0 Å². The smallest absolute Gasteiger partial charge is 0.261 e. The number of benzene rings is 1. The molecule has 3 rings (SSSR count). The van der Waals surface area contributed by atoms with Crippen molar-refractivity contribution in [3.63, 3.8) is 0 Å². The van der Waals surface area contributed by atoms with Crippen LogP contribution in [-0.4, -0.2) is 26.6 Å². The monoisotopic (exact) mass is 339 g/mol. The number of hydrogen-bond acceptors (Lipinski definition) is 5. The van der Waals surface area contributed by atoms with E-state index in [0.717, 1.165) is 5.56 Å².